The Labute approximate surface area is 159 Å². The number of ether oxygens (including phenoxy) is 1. The van der Waals surface area contributed by atoms with Crippen LogP contribution in [0.3, 0.4) is 0 Å². The molecular formula is C19H23N3O4S. The van der Waals surface area contributed by atoms with Crippen LogP contribution in [0.15, 0.2) is 29.2 Å². The lowest BCUT2D eigenvalue weighted by atomic mass is 9.91. The monoisotopic (exact) mass is 389 g/mol. The molecule has 4 rings (SSSR count). The van der Waals surface area contributed by atoms with Crippen molar-refractivity contribution in [2.75, 3.05) is 31.6 Å². The van der Waals surface area contributed by atoms with Gasteiger partial charge in [-0.1, -0.05) is 18.9 Å². The molecule has 1 heterocycles. The van der Waals surface area contributed by atoms with Crippen molar-refractivity contribution in [3.63, 3.8) is 0 Å². The second-order valence-electron chi connectivity index (χ2n) is 7.68. The Bertz CT molecular complexity index is 896. The van der Waals surface area contributed by atoms with Gasteiger partial charge in [-0.05, 0) is 37.5 Å². The van der Waals surface area contributed by atoms with E-state index >= 15 is 0 Å². The number of carbonyl (C=O) groups excluding carboxylic acids is 1. The molecule has 2 saturated carbocycles. The van der Waals surface area contributed by atoms with Crippen molar-refractivity contribution in [1.82, 2.24) is 4.31 Å². The first kappa shape index (κ1) is 18.4. The van der Waals surface area contributed by atoms with Crippen molar-refractivity contribution in [1.29, 1.82) is 5.26 Å². The Kier molecular flexibility index (Phi) is 4.49. The van der Waals surface area contributed by atoms with Crippen molar-refractivity contribution in [3.8, 4) is 6.07 Å². The summed E-state index contributed by atoms with van der Waals surface area (Å²) in [5.41, 5.74) is -0.740. The van der Waals surface area contributed by atoms with E-state index in [1.165, 1.54) is 16.4 Å². The molecule has 1 unspecified atom stereocenters. The molecule has 3 fully saturated rings. The van der Waals surface area contributed by atoms with Crippen LogP contribution < -0.4 is 5.32 Å². The summed E-state index contributed by atoms with van der Waals surface area (Å²) in [5.74, 6) is -0.312. The number of nitrogens with zero attached hydrogens (tertiary/aromatic N) is 2. The highest BCUT2D eigenvalue weighted by Gasteiger charge is 2.72. The van der Waals surface area contributed by atoms with E-state index in [2.05, 4.69) is 11.4 Å². The SMILES string of the molecule is N#CC1(C(=O)Nc2cccc(S(=O)(=O)N3CCOCC3)c2)CC12CCCC2. The minimum absolute atomic E-state index is 0.139. The number of hydrogen-bond acceptors (Lipinski definition) is 5. The number of anilines is 1. The molecule has 2 aliphatic carbocycles. The number of morpholine rings is 1. The van der Waals surface area contributed by atoms with Crippen LogP contribution in [0.2, 0.25) is 0 Å². The first-order chi connectivity index (χ1) is 12.9. The molecule has 1 aliphatic heterocycles. The minimum Gasteiger partial charge on any atom is -0.379 e. The van der Waals surface area contributed by atoms with Gasteiger partial charge in [0.25, 0.3) is 0 Å². The average molecular weight is 389 g/mol. The molecule has 1 aromatic carbocycles. The lowest BCUT2D eigenvalue weighted by molar-refractivity contribution is -0.120. The van der Waals surface area contributed by atoms with Gasteiger partial charge in [-0.3, -0.25) is 4.79 Å². The quantitative estimate of drug-likeness (QED) is 0.850. The van der Waals surface area contributed by atoms with Gasteiger partial charge in [0.15, 0.2) is 0 Å². The van der Waals surface area contributed by atoms with E-state index in [1.807, 2.05) is 0 Å². The lowest BCUT2D eigenvalue weighted by Crippen LogP contribution is -2.40. The Balaban J connectivity index is 1.53. The topological polar surface area (TPSA) is 99.5 Å². The highest BCUT2D eigenvalue weighted by molar-refractivity contribution is 7.89. The highest BCUT2D eigenvalue weighted by Crippen LogP contribution is 2.71. The van der Waals surface area contributed by atoms with Crippen molar-refractivity contribution < 1.29 is 17.9 Å². The van der Waals surface area contributed by atoms with Crippen LogP contribution in [-0.4, -0.2) is 44.9 Å². The number of benzene rings is 1. The minimum atomic E-state index is -3.63. The van der Waals surface area contributed by atoms with E-state index in [0.29, 0.717) is 38.4 Å². The summed E-state index contributed by atoms with van der Waals surface area (Å²) in [5, 5.41) is 12.5. The van der Waals surface area contributed by atoms with Gasteiger partial charge in [-0.2, -0.15) is 9.57 Å². The van der Waals surface area contributed by atoms with Gasteiger partial charge in [-0.15, -0.1) is 0 Å². The average Bonchev–Trinajstić information content (AvgIpc) is 3.08. The standard InChI is InChI=1S/C19H23N3O4S/c20-14-19(13-18(19)6-1-2-7-18)17(23)21-15-4-3-5-16(12-15)27(24,25)22-8-10-26-11-9-22/h3-5,12H,1-2,6-11,13H2,(H,21,23). The highest BCUT2D eigenvalue weighted by atomic mass is 32.2. The number of rotatable bonds is 4. The third kappa shape index (κ3) is 2.94. The summed E-state index contributed by atoms with van der Waals surface area (Å²) >= 11 is 0. The molecule has 1 aromatic rings. The zero-order valence-electron chi connectivity index (χ0n) is 15.1. The first-order valence-electron chi connectivity index (χ1n) is 9.34. The fourth-order valence-electron chi connectivity index (χ4n) is 4.56. The van der Waals surface area contributed by atoms with Gasteiger partial charge in [0.2, 0.25) is 15.9 Å². The summed E-state index contributed by atoms with van der Waals surface area (Å²) in [6.45, 7) is 1.39. The number of amides is 1. The van der Waals surface area contributed by atoms with Gasteiger partial charge in [0, 0.05) is 24.2 Å². The largest absolute Gasteiger partial charge is 0.379 e. The van der Waals surface area contributed by atoms with Crippen LogP contribution in [-0.2, 0) is 19.6 Å². The fourth-order valence-corrected chi connectivity index (χ4v) is 6.01. The summed E-state index contributed by atoms with van der Waals surface area (Å²) in [7, 11) is -3.63. The summed E-state index contributed by atoms with van der Waals surface area (Å²) in [6, 6.07) is 8.51. The first-order valence-corrected chi connectivity index (χ1v) is 10.8. The Hall–Kier alpha value is -1.95. The van der Waals surface area contributed by atoms with Crippen LogP contribution in [0.5, 0.6) is 0 Å². The molecule has 1 amide bonds. The van der Waals surface area contributed by atoms with E-state index in [0.717, 1.165) is 25.7 Å². The molecule has 27 heavy (non-hydrogen) atoms. The second-order valence-corrected chi connectivity index (χ2v) is 9.62. The summed E-state index contributed by atoms with van der Waals surface area (Å²) in [6.07, 6.45) is 4.56. The molecule has 0 aromatic heterocycles. The number of sulfonamides is 1. The third-order valence-corrected chi connectivity index (χ3v) is 8.12. The predicted molar refractivity (Wildman–Crippen MR) is 98.2 cm³/mol. The van der Waals surface area contributed by atoms with Crippen LogP contribution in [0.1, 0.15) is 32.1 Å². The third-order valence-electron chi connectivity index (χ3n) is 6.22. The van der Waals surface area contributed by atoms with Crippen LogP contribution in [0.4, 0.5) is 5.69 Å². The smallest absolute Gasteiger partial charge is 0.245 e. The molecule has 1 saturated heterocycles. The van der Waals surface area contributed by atoms with Crippen molar-refractivity contribution in [2.45, 2.75) is 37.0 Å². The number of nitriles is 1. The van der Waals surface area contributed by atoms with Gasteiger partial charge < -0.3 is 10.1 Å². The summed E-state index contributed by atoms with van der Waals surface area (Å²) in [4.78, 5) is 13.0. The second kappa shape index (κ2) is 6.59. The molecule has 7 nitrogen and oxygen atoms in total. The van der Waals surface area contributed by atoms with E-state index < -0.39 is 15.4 Å². The lowest BCUT2D eigenvalue weighted by Gasteiger charge is -2.26. The maximum Gasteiger partial charge on any atom is 0.245 e. The van der Waals surface area contributed by atoms with Gasteiger partial charge in [0.05, 0.1) is 24.2 Å². The number of hydrogen-bond donors (Lipinski definition) is 1. The molecule has 3 aliphatic rings. The molecule has 1 atom stereocenters. The zero-order valence-corrected chi connectivity index (χ0v) is 15.9. The van der Waals surface area contributed by atoms with Gasteiger partial charge in [-0.25, -0.2) is 8.42 Å². The van der Waals surface area contributed by atoms with Crippen molar-refractivity contribution in [3.05, 3.63) is 24.3 Å². The molecule has 1 N–H and O–H groups in total. The fraction of sp³-hybridized carbons (Fsp3) is 0.579. The Morgan fingerprint density at radius 3 is 2.59 bits per heavy atom. The molecule has 8 heteroatoms. The predicted octanol–water partition coefficient (Wildman–Crippen LogP) is 2.12. The molecular weight excluding hydrogens is 366 g/mol. The molecule has 0 radical (unpaired) electrons. The van der Waals surface area contributed by atoms with E-state index in [1.54, 1.807) is 12.1 Å². The number of nitrogens with one attached hydrogen (secondary N) is 1. The van der Waals surface area contributed by atoms with E-state index in [9.17, 15) is 18.5 Å². The normalized spacial score (nSPS) is 27.2. The van der Waals surface area contributed by atoms with Crippen LogP contribution >= 0.6 is 0 Å². The Morgan fingerprint density at radius 1 is 1.22 bits per heavy atom. The zero-order chi connectivity index (χ0) is 19.1. The van der Waals surface area contributed by atoms with Crippen LogP contribution in [0.25, 0.3) is 0 Å². The maximum absolute atomic E-state index is 12.8. The van der Waals surface area contributed by atoms with Gasteiger partial charge >= 0.3 is 0 Å². The summed E-state index contributed by atoms with van der Waals surface area (Å²) < 4.78 is 32.2. The maximum atomic E-state index is 12.8. The van der Waals surface area contributed by atoms with E-state index in [4.69, 9.17) is 4.74 Å². The van der Waals surface area contributed by atoms with Crippen molar-refractivity contribution >= 4 is 21.6 Å². The van der Waals surface area contributed by atoms with Crippen molar-refractivity contribution in [2.24, 2.45) is 10.8 Å². The molecule has 1 spiro atoms. The Morgan fingerprint density at radius 2 is 1.93 bits per heavy atom. The van der Waals surface area contributed by atoms with E-state index in [-0.39, 0.29) is 16.2 Å². The van der Waals surface area contributed by atoms with Gasteiger partial charge in [0.1, 0.15) is 5.41 Å². The van der Waals surface area contributed by atoms with Crippen LogP contribution in [0, 0.1) is 22.2 Å². The molecule has 144 valence electrons. The molecule has 0 bridgehead atoms. The number of carbonyl (C=O) groups is 1.